The van der Waals surface area contributed by atoms with Crippen molar-refractivity contribution in [3.05, 3.63) is 94.0 Å². The Kier molecular flexibility index (Phi) is 13.1. The van der Waals surface area contributed by atoms with E-state index in [0.717, 1.165) is 53.9 Å². The second kappa shape index (κ2) is 17.4. The Balaban J connectivity index is 0.000000214. The highest BCUT2D eigenvalue weighted by Crippen LogP contribution is 2.44. The van der Waals surface area contributed by atoms with Crippen LogP contribution >= 0.6 is 15.9 Å². The number of benzene rings is 4. The van der Waals surface area contributed by atoms with Gasteiger partial charge in [0.2, 0.25) is 17.3 Å². The molecule has 2 atom stereocenters. The zero-order chi connectivity index (χ0) is 40.9. The van der Waals surface area contributed by atoms with Crippen LogP contribution in [0, 0.1) is 0 Å². The number of methoxy groups -OCH3 is 6. The third-order valence-electron chi connectivity index (χ3n) is 9.88. The van der Waals surface area contributed by atoms with Crippen LogP contribution in [-0.4, -0.2) is 65.4 Å². The van der Waals surface area contributed by atoms with Gasteiger partial charge in [0.1, 0.15) is 27.5 Å². The molecule has 2 heterocycles. The van der Waals surface area contributed by atoms with Crippen LogP contribution in [0.15, 0.2) is 60.7 Å². The maximum atomic E-state index is 15.1. The number of hydrogen-bond donors (Lipinski definition) is 0. The van der Waals surface area contributed by atoms with Crippen molar-refractivity contribution in [3.63, 3.8) is 0 Å². The number of rotatable bonds is 12. The average molecular weight is 837 g/mol. The van der Waals surface area contributed by atoms with Gasteiger partial charge in [-0.25, -0.2) is 4.39 Å². The molecule has 0 saturated heterocycles. The smallest absolute Gasteiger partial charge is 0.203 e. The topological polar surface area (TPSA) is 108 Å². The fourth-order valence-corrected chi connectivity index (χ4v) is 7.24. The van der Waals surface area contributed by atoms with Crippen LogP contribution < -0.4 is 37.9 Å². The molecule has 2 unspecified atom stereocenters. The summed E-state index contributed by atoms with van der Waals surface area (Å²) in [7, 11) is 9.01. The molecule has 0 aliphatic carbocycles. The Morgan fingerprint density at radius 3 is 1.34 bits per heavy atom. The van der Waals surface area contributed by atoms with Gasteiger partial charge < -0.3 is 37.9 Å². The predicted molar refractivity (Wildman–Crippen MR) is 215 cm³/mol. The molecule has 10 nitrogen and oxygen atoms in total. The molecule has 2 aliphatic rings. The van der Waals surface area contributed by atoms with Crippen molar-refractivity contribution in [2.75, 3.05) is 42.7 Å². The van der Waals surface area contributed by atoms with Crippen molar-refractivity contribution in [1.29, 1.82) is 0 Å². The van der Waals surface area contributed by atoms with Crippen LogP contribution in [0.5, 0.6) is 46.0 Å². The summed E-state index contributed by atoms with van der Waals surface area (Å²) in [6.07, 6.45) is 1.57. The van der Waals surface area contributed by atoms with Crippen molar-refractivity contribution in [1.82, 2.24) is 0 Å². The number of carbonyl (C=O) groups is 2. The maximum Gasteiger partial charge on any atom is 0.203 e. The largest absolute Gasteiger partial charge is 0.493 e. The average Bonchev–Trinajstić information content (AvgIpc) is 3.20. The van der Waals surface area contributed by atoms with Gasteiger partial charge in [0.25, 0.3) is 0 Å². The molecule has 0 aromatic heterocycles. The van der Waals surface area contributed by atoms with E-state index in [2.05, 4.69) is 29.8 Å². The van der Waals surface area contributed by atoms with Crippen LogP contribution in [-0.2, 0) is 12.8 Å². The van der Waals surface area contributed by atoms with E-state index in [1.165, 1.54) is 33.5 Å². The molecule has 6 rings (SSSR count). The van der Waals surface area contributed by atoms with Gasteiger partial charge in [-0.05, 0) is 131 Å². The molecule has 4 aromatic carbocycles. The molecule has 12 heteroatoms. The first-order valence-electron chi connectivity index (χ1n) is 18.2. The molecule has 0 radical (unpaired) electrons. The molecule has 0 bridgehead atoms. The first kappa shape index (κ1) is 42.2. The lowest BCUT2D eigenvalue weighted by atomic mass is 9.91. The van der Waals surface area contributed by atoms with Crippen molar-refractivity contribution >= 4 is 27.5 Å². The monoisotopic (exact) mass is 835 g/mol. The summed E-state index contributed by atoms with van der Waals surface area (Å²) in [4.78, 5) is 25.4. The van der Waals surface area contributed by atoms with E-state index in [0.29, 0.717) is 45.6 Å². The Labute approximate surface area is 336 Å². The third kappa shape index (κ3) is 9.18. The highest BCUT2D eigenvalue weighted by Gasteiger charge is 2.31. The number of carbonyl (C=O) groups excluding carboxylic acids is 2. The number of alkyl halides is 2. The minimum absolute atomic E-state index is 0.0399. The summed E-state index contributed by atoms with van der Waals surface area (Å²) in [6.45, 7) is 8.20. The van der Waals surface area contributed by atoms with E-state index in [1.807, 2.05) is 32.0 Å². The molecule has 300 valence electrons. The summed E-state index contributed by atoms with van der Waals surface area (Å²) < 4.78 is 58.9. The number of aryl methyl sites for hydroxylation is 2. The second-order valence-electron chi connectivity index (χ2n) is 14.7. The molecular formula is C44H50BrFO10. The maximum absolute atomic E-state index is 15.1. The number of hydrogen-bond acceptors (Lipinski definition) is 10. The fraction of sp³-hybridized carbons (Fsp3) is 0.409. The van der Waals surface area contributed by atoms with Crippen molar-refractivity contribution in [2.45, 2.75) is 75.6 Å². The summed E-state index contributed by atoms with van der Waals surface area (Å²) >= 11 is 3.54. The number of fused-ring (bicyclic) bond motifs is 2. The second-order valence-corrected chi connectivity index (χ2v) is 15.7. The van der Waals surface area contributed by atoms with E-state index in [4.69, 9.17) is 37.9 Å². The standard InChI is InChI=1S/C22H25BrO5.C22H25FO5/c2*1-22(2)9-8-13-10-14(6-7-16(13)28-22)20(24)19(23)15-11-17(25-3)21(27-5)18(12-15)26-4/h2*6-7,10-12,19H,8-9H2,1-5H3/i;23-1. The Morgan fingerprint density at radius 1 is 0.589 bits per heavy atom. The molecule has 4 aromatic rings. The van der Waals surface area contributed by atoms with Gasteiger partial charge in [0.15, 0.2) is 35.0 Å². The highest BCUT2D eigenvalue weighted by molar-refractivity contribution is 9.09. The van der Waals surface area contributed by atoms with E-state index in [1.54, 1.807) is 51.7 Å². The zero-order valence-corrected chi connectivity index (χ0v) is 35.2. The van der Waals surface area contributed by atoms with Crippen molar-refractivity contribution in [3.8, 4) is 46.0 Å². The van der Waals surface area contributed by atoms with Crippen molar-refractivity contribution < 1.29 is 51.9 Å². The summed E-state index contributed by atoms with van der Waals surface area (Å²) in [5.74, 6) is 3.40. The van der Waals surface area contributed by atoms with Crippen LogP contribution in [0.3, 0.4) is 0 Å². The zero-order valence-electron chi connectivity index (χ0n) is 33.6. The Morgan fingerprint density at radius 2 is 0.964 bits per heavy atom. The molecule has 2 aliphatic heterocycles. The van der Waals surface area contributed by atoms with Crippen LogP contribution in [0.4, 0.5) is 4.39 Å². The highest BCUT2D eigenvalue weighted by atomic mass is 79.9. The van der Waals surface area contributed by atoms with Gasteiger partial charge >= 0.3 is 0 Å². The predicted octanol–water partition coefficient (Wildman–Crippen LogP) is 9.84. The quantitative estimate of drug-likeness (QED) is 0.101. The molecule has 0 spiro atoms. The molecule has 56 heavy (non-hydrogen) atoms. The van der Waals surface area contributed by atoms with Gasteiger partial charge in [0.05, 0.1) is 42.7 Å². The summed E-state index contributed by atoms with van der Waals surface area (Å²) in [5.41, 5.74) is 3.39. The van der Waals surface area contributed by atoms with Gasteiger partial charge in [-0.3, -0.25) is 9.59 Å². The fourth-order valence-electron chi connectivity index (χ4n) is 6.71. The lowest BCUT2D eigenvalue weighted by molar-refractivity contribution is 0.0836. The van der Waals surface area contributed by atoms with Gasteiger partial charge in [-0.15, -0.1) is 0 Å². The van der Waals surface area contributed by atoms with Gasteiger partial charge in [-0.2, -0.15) is 0 Å². The normalized spacial score (nSPS) is 15.8. The molecular weight excluding hydrogens is 786 g/mol. The SMILES string of the molecule is COc1cc(C(Br)C(=O)c2ccc3c(c2)CCC(C)(C)O3)cc(OC)c1OC.COc1cc(C([18F])C(=O)c2ccc3c(c2)CCC(C)(C)O3)cc(OC)c1OC. The first-order chi connectivity index (χ1) is 26.6. The Bertz CT molecular complexity index is 1880. The van der Waals surface area contributed by atoms with Gasteiger partial charge in [-0.1, -0.05) is 15.9 Å². The molecule has 0 amide bonds. The van der Waals surface area contributed by atoms with E-state index >= 15 is 4.39 Å². The minimum Gasteiger partial charge on any atom is -0.493 e. The van der Waals surface area contributed by atoms with Gasteiger partial charge in [0, 0.05) is 16.7 Å². The van der Waals surface area contributed by atoms with Crippen LogP contribution in [0.2, 0.25) is 0 Å². The van der Waals surface area contributed by atoms with Crippen LogP contribution in [0.25, 0.3) is 0 Å². The van der Waals surface area contributed by atoms with E-state index in [-0.39, 0.29) is 22.5 Å². The molecule has 0 fully saturated rings. The number of ether oxygens (including phenoxy) is 8. The number of Topliss-reactive ketones (excluding diaryl/α,β-unsaturated/α-hetero) is 2. The Hall–Kier alpha value is -4.97. The van der Waals surface area contributed by atoms with Crippen molar-refractivity contribution in [2.24, 2.45) is 0 Å². The van der Waals surface area contributed by atoms with E-state index < -0.39 is 16.8 Å². The van der Waals surface area contributed by atoms with Crippen LogP contribution in [0.1, 0.15) is 94.5 Å². The molecule has 0 N–H and O–H groups in total. The number of ketones is 2. The lowest BCUT2D eigenvalue weighted by Gasteiger charge is -2.32. The lowest BCUT2D eigenvalue weighted by Crippen LogP contribution is -2.32. The summed E-state index contributed by atoms with van der Waals surface area (Å²) in [6, 6.07) is 17.2. The molecule has 0 saturated carbocycles. The number of halogens is 2. The third-order valence-corrected chi connectivity index (χ3v) is 10.8. The summed E-state index contributed by atoms with van der Waals surface area (Å²) in [5, 5.41) is 0. The van der Waals surface area contributed by atoms with E-state index in [9.17, 15) is 9.59 Å². The minimum atomic E-state index is -1.85. The first-order valence-corrected chi connectivity index (χ1v) is 19.1.